The number of fused-ring (bicyclic) bond motifs is 3. The van der Waals surface area contributed by atoms with Crippen LogP contribution >= 0.6 is 11.6 Å². The van der Waals surface area contributed by atoms with Crippen LogP contribution in [0.4, 0.5) is 0 Å². The number of amides is 1. The Labute approximate surface area is 310 Å². The Balaban J connectivity index is 0.00000200. The summed E-state index contributed by atoms with van der Waals surface area (Å²) >= 11 is 6.12. The SMILES string of the molecule is CCCCc1nc2c(n1-c1ccc(-c3ccccc3-c3nn[nH]n3)cc1)C1C(O)=C(c3ccc(Cl)cc3)C(=O)N1CC2C.[Na].[Na]. The van der Waals surface area contributed by atoms with E-state index in [1.54, 1.807) is 29.2 Å². The third kappa shape index (κ3) is 5.96. The van der Waals surface area contributed by atoms with Crippen LogP contribution in [0.3, 0.4) is 0 Å². The minimum Gasteiger partial charge on any atom is -0.509 e. The summed E-state index contributed by atoms with van der Waals surface area (Å²) in [4.78, 5) is 20.7. The average molecular weight is 638 g/mol. The number of nitrogens with zero attached hydrogens (tertiary/aromatic N) is 6. The van der Waals surface area contributed by atoms with Gasteiger partial charge in [0.15, 0.2) is 0 Å². The molecule has 3 aromatic carbocycles. The molecule has 0 saturated heterocycles. The molecule has 45 heavy (non-hydrogen) atoms. The van der Waals surface area contributed by atoms with Gasteiger partial charge in [-0.2, -0.15) is 5.21 Å². The second kappa shape index (κ2) is 13.9. The van der Waals surface area contributed by atoms with Gasteiger partial charge in [-0.3, -0.25) is 9.36 Å². The third-order valence-electron chi connectivity index (χ3n) is 8.35. The number of benzene rings is 3. The Morgan fingerprint density at radius 1 is 0.978 bits per heavy atom. The molecule has 4 heterocycles. The van der Waals surface area contributed by atoms with Crippen molar-refractivity contribution in [2.75, 3.05) is 6.54 Å². The number of carbonyl (C=O) groups excluding carboxylic acids is 1. The molecule has 2 aliphatic heterocycles. The van der Waals surface area contributed by atoms with Crippen LogP contribution in [0, 0.1) is 0 Å². The first-order chi connectivity index (χ1) is 21.0. The van der Waals surface area contributed by atoms with Crippen molar-refractivity contribution < 1.29 is 9.90 Å². The number of tetrazole rings is 1. The molecule has 2 N–H and O–H groups in total. The number of aromatic nitrogens is 6. The molecule has 0 aliphatic carbocycles. The number of aliphatic hydroxyl groups is 1. The van der Waals surface area contributed by atoms with E-state index < -0.39 is 6.04 Å². The molecule has 5 aromatic rings. The monoisotopic (exact) mass is 637 g/mol. The Hall–Kier alpha value is -2.76. The maximum atomic E-state index is 13.8. The van der Waals surface area contributed by atoms with E-state index in [1.807, 2.05) is 24.3 Å². The van der Waals surface area contributed by atoms with Gasteiger partial charge in [-0.05, 0) is 52.6 Å². The molecule has 2 aromatic heterocycles. The fourth-order valence-electron chi connectivity index (χ4n) is 6.30. The van der Waals surface area contributed by atoms with Gasteiger partial charge in [0.1, 0.15) is 17.6 Å². The Kier molecular flexibility index (Phi) is 10.4. The van der Waals surface area contributed by atoms with Gasteiger partial charge in [-0.15, -0.1) is 10.2 Å². The number of H-pyrrole nitrogens is 1. The van der Waals surface area contributed by atoms with Gasteiger partial charge in [-0.25, -0.2) is 4.98 Å². The van der Waals surface area contributed by atoms with Crippen molar-refractivity contribution in [3.8, 4) is 28.2 Å². The van der Waals surface area contributed by atoms with Crippen molar-refractivity contribution in [1.82, 2.24) is 35.1 Å². The predicted octanol–water partition coefficient (Wildman–Crippen LogP) is 5.92. The smallest absolute Gasteiger partial charge is 0.258 e. The molecule has 1 amide bonds. The van der Waals surface area contributed by atoms with Crippen molar-refractivity contribution in [1.29, 1.82) is 0 Å². The average Bonchev–Trinajstić information content (AvgIpc) is 3.75. The Morgan fingerprint density at radius 3 is 2.33 bits per heavy atom. The van der Waals surface area contributed by atoms with E-state index in [4.69, 9.17) is 16.6 Å². The van der Waals surface area contributed by atoms with Crippen molar-refractivity contribution in [2.45, 2.75) is 45.1 Å². The summed E-state index contributed by atoms with van der Waals surface area (Å²) in [6.07, 6.45) is 2.79. The number of nitrogens with one attached hydrogen (secondary N) is 1. The third-order valence-corrected chi connectivity index (χ3v) is 8.60. The van der Waals surface area contributed by atoms with Crippen LogP contribution in [0.5, 0.6) is 0 Å². The molecule has 2 unspecified atom stereocenters. The number of aromatic amines is 1. The van der Waals surface area contributed by atoms with E-state index in [2.05, 4.69) is 63.3 Å². The number of aryl methyl sites for hydroxylation is 1. The summed E-state index contributed by atoms with van der Waals surface area (Å²) in [5.74, 6) is 1.34. The minimum atomic E-state index is -0.620. The molecule has 0 bridgehead atoms. The van der Waals surface area contributed by atoms with Gasteiger partial charge in [0.2, 0.25) is 5.82 Å². The number of unbranched alkanes of at least 4 members (excludes halogenated alkanes) is 1. The summed E-state index contributed by atoms with van der Waals surface area (Å²) in [7, 11) is 0. The van der Waals surface area contributed by atoms with Crippen LogP contribution in [0.2, 0.25) is 5.02 Å². The van der Waals surface area contributed by atoms with Crippen molar-refractivity contribution in [3.05, 3.63) is 106 Å². The molecule has 0 saturated carbocycles. The first-order valence-corrected chi connectivity index (χ1v) is 14.9. The number of aliphatic hydroxyl groups excluding tert-OH is 1. The van der Waals surface area contributed by atoms with Crippen molar-refractivity contribution >= 4 is 82.2 Å². The molecule has 7 rings (SSSR count). The van der Waals surface area contributed by atoms with Crippen LogP contribution < -0.4 is 0 Å². The van der Waals surface area contributed by atoms with Crippen LogP contribution in [0.1, 0.15) is 61.4 Å². The number of hydrogen-bond donors (Lipinski definition) is 2. The zero-order valence-corrected chi connectivity index (χ0v) is 30.6. The van der Waals surface area contributed by atoms with E-state index in [1.165, 1.54) is 0 Å². The normalized spacial score (nSPS) is 17.0. The van der Waals surface area contributed by atoms with Crippen LogP contribution in [-0.2, 0) is 11.2 Å². The molecule has 9 nitrogen and oxygen atoms in total. The molecular formula is C33H30ClN7Na2O2. The van der Waals surface area contributed by atoms with Crippen LogP contribution in [-0.4, -0.2) is 112 Å². The second-order valence-electron chi connectivity index (χ2n) is 11.1. The fraction of sp³-hybridized carbons (Fsp3) is 0.242. The van der Waals surface area contributed by atoms with Crippen LogP contribution in [0.15, 0.2) is 78.6 Å². The second-order valence-corrected chi connectivity index (χ2v) is 11.5. The van der Waals surface area contributed by atoms with Gasteiger partial charge < -0.3 is 10.0 Å². The predicted molar refractivity (Wildman–Crippen MR) is 176 cm³/mol. The molecule has 0 spiro atoms. The number of hydrogen-bond acceptors (Lipinski definition) is 6. The zero-order valence-electron chi connectivity index (χ0n) is 25.8. The van der Waals surface area contributed by atoms with E-state index in [0.29, 0.717) is 28.5 Å². The van der Waals surface area contributed by atoms with E-state index in [0.717, 1.165) is 58.9 Å². The minimum absolute atomic E-state index is 0. The van der Waals surface area contributed by atoms with Gasteiger partial charge in [0.25, 0.3) is 5.91 Å². The van der Waals surface area contributed by atoms with E-state index in [9.17, 15) is 9.90 Å². The summed E-state index contributed by atoms with van der Waals surface area (Å²) in [5.41, 5.74) is 6.54. The van der Waals surface area contributed by atoms with Gasteiger partial charge in [0.05, 0.1) is 17.0 Å². The molecular weight excluding hydrogens is 608 g/mol. The number of carbonyl (C=O) groups is 1. The van der Waals surface area contributed by atoms with Crippen LogP contribution in [0.25, 0.3) is 33.8 Å². The molecule has 12 heteroatoms. The van der Waals surface area contributed by atoms with Gasteiger partial charge >= 0.3 is 0 Å². The van der Waals surface area contributed by atoms with E-state index in [-0.39, 0.29) is 76.7 Å². The zero-order chi connectivity index (χ0) is 29.7. The summed E-state index contributed by atoms with van der Waals surface area (Å²) < 4.78 is 2.15. The Morgan fingerprint density at radius 2 is 1.67 bits per heavy atom. The number of rotatable bonds is 7. The number of halogens is 1. The van der Waals surface area contributed by atoms with Gasteiger partial charge in [-0.1, -0.05) is 80.4 Å². The molecule has 2 radical (unpaired) electrons. The van der Waals surface area contributed by atoms with Crippen molar-refractivity contribution in [3.63, 3.8) is 0 Å². The molecule has 2 atom stereocenters. The first kappa shape index (κ1) is 33.6. The molecule has 2 aliphatic rings. The van der Waals surface area contributed by atoms with E-state index >= 15 is 0 Å². The maximum Gasteiger partial charge on any atom is 0.258 e. The quantitative estimate of drug-likeness (QED) is 0.214. The number of imidazole rings is 1. The summed E-state index contributed by atoms with van der Waals surface area (Å²) in [6, 6.07) is 22.7. The summed E-state index contributed by atoms with van der Waals surface area (Å²) in [5, 5.41) is 26.9. The van der Waals surface area contributed by atoms with Crippen molar-refractivity contribution in [2.24, 2.45) is 0 Å². The topological polar surface area (TPSA) is 113 Å². The largest absolute Gasteiger partial charge is 0.509 e. The molecule has 0 fully saturated rings. The standard InChI is InChI=1S/C33H30ClN7O2.2Na/c1-3-4-9-26-35-28-19(2)18-40-30(31(42)27(33(40)43)21-10-14-22(34)15-11-21)29(28)41(26)23-16-12-20(13-17-23)24-7-5-6-8-25(24)32-36-38-39-37-32;;/h5-8,10-17,19,30,42H,3-4,9,18H2,1-2H3,(H,36,37,38,39);;. The first-order valence-electron chi connectivity index (χ1n) is 14.5. The molecule has 218 valence electrons. The van der Waals surface area contributed by atoms with Gasteiger partial charge in [0, 0.05) is 94.3 Å². The maximum absolute atomic E-state index is 13.8. The Bertz CT molecular complexity index is 1860. The fourth-order valence-corrected chi connectivity index (χ4v) is 6.43. The summed E-state index contributed by atoms with van der Waals surface area (Å²) in [6.45, 7) is 4.74.